The summed E-state index contributed by atoms with van der Waals surface area (Å²) in [6, 6.07) is 5.51. The number of carbonyl (C=O) groups excluding carboxylic acids is 1. The standard InChI is InChI=1S/C24H25N3O4S2/c28-20(25-15-8-9-18-19(10-15)31-13-30-18)12-33-24-26-22-21(17(11-32-22)14-6-7-14)23(29)27(24)16-4-2-1-3-5-16/h8-11,14,16H,1-7,12-13H2,(H,25,28). The number of carbonyl (C=O) groups is 1. The zero-order chi connectivity index (χ0) is 22.4. The molecule has 3 aromatic rings. The number of aromatic nitrogens is 2. The molecule has 6 rings (SSSR count). The molecule has 1 aliphatic heterocycles. The van der Waals surface area contributed by atoms with Crippen LogP contribution >= 0.6 is 23.1 Å². The molecule has 1 aromatic carbocycles. The van der Waals surface area contributed by atoms with Gasteiger partial charge in [-0.3, -0.25) is 14.2 Å². The Hall–Kier alpha value is -2.52. The van der Waals surface area contributed by atoms with Crippen LogP contribution in [0.15, 0.2) is 33.5 Å². The number of rotatable bonds is 6. The number of anilines is 1. The minimum atomic E-state index is -0.145. The van der Waals surface area contributed by atoms with Crippen molar-refractivity contribution in [1.82, 2.24) is 9.55 Å². The van der Waals surface area contributed by atoms with Crippen LogP contribution in [0.1, 0.15) is 62.5 Å². The Kier molecular flexibility index (Phi) is 5.54. The molecule has 3 aliphatic rings. The predicted molar refractivity (Wildman–Crippen MR) is 130 cm³/mol. The Labute approximate surface area is 199 Å². The molecule has 2 aromatic heterocycles. The molecule has 0 unspecified atom stereocenters. The third-order valence-corrected chi connectivity index (χ3v) is 8.42. The fourth-order valence-electron chi connectivity index (χ4n) is 4.77. The summed E-state index contributed by atoms with van der Waals surface area (Å²) in [5, 5.41) is 6.49. The molecule has 0 spiro atoms. The first kappa shape index (κ1) is 21.0. The van der Waals surface area contributed by atoms with Crippen molar-refractivity contribution >= 4 is 44.9 Å². The lowest BCUT2D eigenvalue weighted by Gasteiger charge is -2.26. The number of thioether (sulfide) groups is 1. The van der Waals surface area contributed by atoms with E-state index in [1.54, 1.807) is 29.5 Å². The van der Waals surface area contributed by atoms with E-state index in [2.05, 4.69) is 10.7 Å². The minimum Gasteiger partial charge on any atom is -0.454 e. The zero-order valence-corrected chi connectivity index (χ0v) is 19.8. The van der Waals surface area contributed by atoms with E-state index in [1.807, 2.05) is 4.57 Å². The number of benzene rings is 1. The molecule has 1 N–H and O–H groups in total. The van der Waals surface area contributed by atoms with Crippen molar-refractivity contribution in [3.05, 3.63) is 39.5 Å². The fourth-order valence-corrected chi connectivity index (χ4v) is 6.69. The lowest BCUT2D eigenvalue weighted by Crippen LogP contribution is -2.29. The van der Waals surface area contributed by atoms with E-state index < -0.39 is 0 Å². The van der Waals surface area contributed by atoms with Gasteiger partial charge in [-0.05, 0) is 54.7 Å². The number of amides is 1. The van der Waals surface area contributed by atoms with Crippen molar-refractivity contribution in [3.63, 3.8) is 0 Å². The van der Waals surface area contributed by atoms with E-state index in [-0.39, 0.29) is 30.1 Å². The largest absolute Gasteiger partial charge is 0.454 e. The SMILES string of the molecule is O=C(CSc1nc2scc(C3CC3)c2c(=O)n1C1CCCCC1)Nc1ccc2c(c1)OCO2. The number of hydrogen-bond donors (Lipinski definition) is 1. The van der Waals surface area contributed by atoms with Crippen LogP contribution in [-0.4, -0.2) is 28.0 Å². The smallest absolute Gasteiger partial charge is 0.263 e. The molecular weight excluding hydrogens is 458 g/mol. The van der Waals surface area contributed by atoms with Crippen molar-refractivity contribution < 1.29 is 14.3 Å². The van der Waals surface area contributed by atoms with Gasteiger partial charge in [0.1, 0.15) is 4.83 Å². The molecule has 0 atom stereocenters. The predicted octanol–water partition coefficient (Wildman–Crippen LogP) is 5.30. The molecule has 2 fully saturated rings. The Morgan fingerprint density at radius 1 is 1.15 bits per heavy atom. The maximum atomic E-state index is 13.7. The Bertz CT molecular complexity index is 1270. The Balaban J connectivity index is 1.26. The van der Waals surface area contributed by atoms with Crippen LogP contribution in [0, 0.1) is 0 Å². The highest BCUT2D eigenvalue weighted by Crippen LogP contribution is 2.44. The van der Waals surface area contributed by atoms with E-state index in [9.17, 15) is 9.59 Å². The monoisotopic (exact) mass is 483 g/mol. The van der Waals surface area contributed by atoms with Gasteiger partial charge in [0.25, 0.3) is 5.56 Å². The number of thiophene rings is 1. The van der Waals surface area contributed by atoms with E-state index in [0.717, 1.165) is 48.7 Å². The van der Waals surface area contributed by atoms with Crippen LogP contribution in [0.2, 0.25) is 0 Å². The Morgan fingerprint density at radius 3 is 2.79 bits per heavy atom. The van der Waals surface area contributed by atoms with Crippen LogP contribution in [0.5, 0.6) is 11.5 Å². The van der Waals surface area contributed by atoms with Gasteiger partial charge in [-0.1, -0.05) is 31.0 Å². The molecule has 0 saturated heterocycles. The van der Waals surface area contributed by atoms with Crippen molar-refractivity contribution in [2.24, 2.45) is 0 Å². The lowest BCUT2D eigenvalue weighted by atomic mass is 9.95. The molecule has 3 heterocycles. The highest BCUT2D eigenvalue weighted by molar-refractivity contribution is 7.99. The number of ether oxygens (including phenoxy) is 2. The summed E-state index contributed by atoms with van der Waals surface area (Å²) in [6.07, 6.45) is 7.77. The van der Waals surface area contributed by atoms with Crippen LogP contribution in [0.25, 0.3) is 10.2 Å². The molecule has 33 heavy (non-hydrogen) atoms. The second-order valence-corrected chi connectivity index (χ2v) is 10.7. The maximum Gasteiger partial charge on any atom is 0.263 e. The first-order valence-corrected chi connectivity index (χ1v) is 13.4. The van der Waals surface area contributed by atoms with Crippen molar-refractivity contribution in [1.29, 1.82) is 0 Å². The van der Waals surface area contributed by atoms with Crippen molar-refractivity contribution in [3.8, 4) is 11.5 Å². The summed E-state index contributed by atoms with van der Waals surface area (Å²) in [6.45, 7) is 0.195. The number of fused-ring (bicyclic) bond motifs is 2. The lowest BCUT2D eigenvalue weighted by molar-refractivity contribution is -0.113. The van der Waals surface area contributed by atoms with Gasteiger partial charge in [0.15, 0.2) is 16.7 Å². The average Bonchev–Trinajstić information content (AvgIpc) is 3.40. The normalized spacial score (nSPS) is 18.1. The Morgan fingerprint density at radius 2 is 1.97 bits per heavy atom. The van der Waals surface area contributed by atoms with Crippen LogP contribution in [0.4, 0.5) is 5.69 Å². The zero-order valence-electron chi connectivity index (χ0n) is 18.2. The van der Waals surface area contributed by atoms with Gasteiger partial charge in [0, 0.05) is 17.8 Å². The van der Waals surface area contributed by atoms with Gasteiger partial charge in [0.05, 0.1) is 11.1 Å². The van der Waals surface area contributed by atoms with Crippen LogP contribution < -0.4 is 20.3 Å². The van der Waals surface area contributed by atoms with Gasteiger partial charge in [-0.2, -0.15) is 0 Å². The summed E-state index contributed by atoms with van der Waals surface area (Å²) in [4.78, 5) is 32.1. The van der Waals surface area contributed by atoms with Gasteiger partial charge in [0.2, 0.25) is 12.7 Å². The molecule has 172 valence electrons. The molecule has 9 heteroatoms. The van der Waals surface area contributed by atoms with Gasteiger partial charge < -0.3 is 14.8 Å². The quantitative estimate of drug-likeness (QED) is 0.378. The summed E-state index contributed by atoms with van der Waals surface area (Å²) in [5.41, 5.74) is 1.91. The van der Waals surface area contributed by atoms with E-state index in [1.165, 1.54) is 23.7 Å². The number of hydrogen-bond acceptors (Lipinski definition) is 7. The minimum absolute atomic E-state index is 0.0775. The van der Waals surface area contributed by atoms with Gasteiger partial charge in [-0.15, -0.1) is 11.3 Å². The highest BCUT2D eigenvalue weighted by atomic mass is 32.2. The maximum absolute atomic E-state index is 13.7. The molecule has 0 radical (unpaired) electrons. The fraction of sp³-hybridized carbons (Fsp3) is 0.458. The van der Waals surface area contributed by atoms with Crippen LogP contribution in [0.3, 0.4) is 0 Å². The van der Waals surface area contributed by atoms with Crippen molar-refractivity contribution in [2.75, 3.05) is 17.9 Å². The van der Waals surface area contributed by atoms with Gasteiger partial charge in [-0.25, -0.2) is 4.98 Å². The summed E-state index contributed by atoms with van der Waals surface area (Å²) >= 11 is 2.90. The van der Waals surface area contributed by atoms with Crippen molar-refractivity contribution in [2.45, 2.75) is 62.1 Å². The molecule has 7 nitrogen and oxygen atoms in total. The molecular formula is C24H25N3O4S2. The van der Waals surface area contributed by atoms with E-state index >= 15 is 0 Å². The third kappa shape index (κ3) is 4.12. The number of nitrogens with zero attached hydrogens (tertiary/aromatic N) is 2. The number of nitrogens with one attached hydrogen (secondary N) is 1. The van der Waals surface area contributed by atoms with Crippen LogP contribution in [-0.2, 0) is 4.79 Å². The molecule has 2 saturated carbocycles. The first-order valence-electron chi connectivity index (χ1n) is 11.5. The molecule has 0 bridgehead atoms. The topological polar surface area (TPSA) is 82.5 Å². The van der Waals surface area contributed by atoms with E-state index in [4.69, 9.17) is 14.5 Å². The second-order valence-electron chi connectivity index (χ2n) is 8.91. The molecule has 2 aliphatic carbocycles. The third-order valence-electron chi connectivity index (χ3n) is 6.58. The second kappa shape index (κ2) is 8.68. The highest BCUT2D eigenvalue weighted by Gasteiger charge is 2.30. The average molecular weight is 484 g/mol. The summed E-state index contributed by atoms with van der Waals surface area (Å²) in [7, 11) is 0. The van der Waals surface area contributed by atoms with E-state index in [0.29, 0.717) is 28.3 Å². The summed E-state index contributed by atoms with van der Waals surface area (Å²) in [5.74, 6) is 1.85. The van der Waals surface area contributed by atoms with Gasteiger partial charge >= 0.3 is 0 Å². The molecule has 1 amide bonds. The first-order chi connectivity index (χ1) is 16.2. The summed E-state index contributed by atoms with van der Waals surface area (Å²) < 4.78 is 12.6.